The zero-order chi connectivity index (χ0) is 26.4. The standard InChI is InChI=1S/C28H25N3O6/c1-29-19-7-4-17-5-8-20(21(17)15-19)27-25(35-2)11-9-22(31-27)23(33)16-30-28(34)18-6-10-24(37-13-12-32)26(14-18)36-3/h4,6-11,14-15,32H,5,12-13,16H2,2-3H3,(H,30,34). The van der Waals surface area contributed by atoms with Gasteiger partial charge in [-0.1, -0.05) is 18.2 Å². The number of nitrogens with zero attached hydrogens (tertiary/aromatic N) is 2. The monoisotopic (exact) mass is 499 g/mol. The van der Waals surface area contributed by atoms with Gasteiger partial charge in [0.2, 0.25) is 0 Å². The molecule has 0 atom stereocenters. The summed E-state index contributed by atoms with van der Waals surface area (Å²) in [5.74, 6) is 0.392. The van der Waals surface area contributed by atoms with Gasteiger partial charge in [-0.05, 0) is 53.9 Å². The van der Waals surface area contributed by atoms with Crippen molar-refractivity contribution < 1.29 is 28.9 Å². The van der Waals surface area contributed by atoms with Crippen molar-refractivity contribution in [2.75, 3.05) is 34.0 Å². The summed E-state index contributed by atoms with van der Waals surface area (Å²) in [5.41, 5.74) is 4.24. The van der Waals surface area contributed by atoms with E-state index < -0.39 is 5.91 Å². The number of rotatable bonds is 10. The van der Waals surface area contributed by atoms with Gasteiger partial charge in [0.1, 0.15) is 23.7 Å². The van der Waals surface area contributed by atoms with Crippen LogP contribution in [0.4, 0.5) is 5.69 Å². The third-order valence-corrected chi connectivity index (χ3v) is 5.84. The molecule has 1 heterocycles. The van der Waals surface area contributed by atoms with Gasteiger partial charge in [-0.15, -0.1) is 0 Å². The molecule has 3 aromatic rings. The lowest BCUT2D eigenvalue weighted by atomic mass is 10.0. The Hall–Kier alpha value is -4.68. The summed E-state index contributed by atoms with van der Waals surface area (Å²) in [5, 5.41) is 11.6. The Morgan fingerprint density at radius 1 is 1.05 bits per heavy atom. The Bertz CT molecular complexity index is 1420. The fourth-order valence-corrected chi connectivity index (χ4v) is 4.01. The van der Waals surface area contributed by atoms with Crippen molar-refractivity contribution in [2.24, 2.45) is 0 Å². The van der Waals surface area contributed by atoms with E-state index in [9.17, 15) is 9.59 Å². The molecular formula is C28H25N3O6. The Balaban J connectivity index is 1.51. The third kappa shape index (κ3) is 5.44. The first-order valence-electron chi connectivity index (χ1n) is 11.5. The number of ether oxygens (including phenoxy) is 3. The van der Waals surface area contributed by atoms with Crippen molar-refractivity contribution in [3.05, 3.63) is 94.1 Å². The van der Waals surface area contributed by atoms with E-state index in [0.717, 1.165) is 16.7 Å². The van der Waals surface area contributed by atoms with Crippen LogP contribution in [0, 0.1) is 6.57 Å². The molecule has 1 aromatic heterocycles. The molecule has 0 saturated heterocycles. The van der Waals surface area contributed by atoms with E-state index >= 15 is 0 Å². The SMILES string of the molecule is [C-]#[N+]c1ccc2c(c1)C(c1nc(C(=O)CNC(=O)c3ccc(OCCO)c(OC)c3)ccc1OC)=CC2. The first-order valence-corrected chi connectivity index (χ1v) is 11.5. The molecule has 0 unspecified atom stereocenters. The smallest absolute Gasteiger partial charge is 0.251 e. The van der Waals surface area contributed by atoms with E-state index in [1.807, 2.05) is 18.2 Å². The van der Waals surface area contributed by atoms with Crippen molar-refractivity contribution >= 4 is 23.0 Å². The lowest BCUT2D eigenvalue weighted by Crippen LogP contribution is -2.30. The molecule has 4 rings (SSSR count). The highest BCUT2D eigenvalue weighted by molar-refractivity contribution is 6.02. The molecule has 0 bridgehead atoms. The van der Waals surface area contributed by atoms with Gasteiger partial charge in [0, 0.05) is 11.1 Å². The molecule has 2 aromatic carbocycles. The highest BCUT2D eigenvalue weighted by Crippen LogP contribution is 2.38. The fraction of sp³-hybridized carbons (Fsp3) is 0.214. The van der Waals surface area contributed by atoms with Crippen LogP contribution < -0.4 is 19.5 Å². The van der Waals surface area contributed by atoms with E-state index in [4.69, 9.17) is 25.9 Å². The number of hydrogen-bond acceptors (Lipinski definition) is 7. The van der Waals surface area contributed by atoms with E-state index in [2.05, 4.69) is 15.1 Å². The number of carbonyl (C=O) groups is 2. The summed E-state index contributed by atoms with van der Waals surface area (Å²) in [6.07, 6.45) is 2.69. The molecule has 0 radical (unpaired) electrons. The minimum absolute atomic E-state index is 0.0937. The zero-order valence-electron chi connectivity index (χ0n) is 20.4. The van der Waals surface area contributed by atoms with Gasteiger partial charge in [-0.3, -0.25) is 9.59 Å². The molecule has 1 amide bonds. The fourth-order valence-electron chi connectivity index (χ4n) is 4.01. The van der Waals surface area contributed by atoms with Crippen LogP contribution in [0.5, 0.6) is 17.2 Å². The summed E-state index contributed by atoms with van der Waals surface area (Å²) in [6, 6.07) is 13.3. The molecule has 9 nitrogen and oxygen atoms in total. The maximum atomic E-state index is 12.9. The first-order chi connectivity index (χ1) is 18.0. The molecule has 0 saturated carbocycles. The van der Waals surface area contributed by atoms with Gasteiger partial charge in [0.15, 0.2) is 23.0 Å². The van der Waals surface area contributed by atoms with Crippen molar-refractivity contribution in [3.8, 4) is 17.2 Å². The third-order valence-electron chi connectivity index (χ3n) is 5.84. The zero-order valence-corrected chi connectivity index (χ0v) is 20.4. The normalized spacial score (nSPS) is 11.7. The number of carbonyl (C=O) groups excluding carboxylic acids is 2. The number of hydrogen-bond donors (Lipinski definition) is 2. The predicted molar refractivity (Wildman–Crippen MR) is 137 cm³/mol. The number of nitrogens with one attached hydrogen (secondary N) is 1. The van der Waals surface area contributed by atoms with E-state index in [0.29, 0.717) is 35.1 Å². The van der Waals surface area contributed by atoms with Crippen LogP contribution in [-0.4, -0.2) is 55.8 Å². The average Bonchev–Trinajstić information content (AvgIpc) is 3.37. The largest absolute Gasteiger partial charge is 0.494 e. The van der Waals surface area contributed by atoms with E-state index in [-0.39, 0.29) is 36.8 Å². The predicted octanol–water partition coefficient (Wildman–Crippen LogP) is 3.62. The molecule has 0 spiro atoms. The second kappa shape index (κ2) is 11.4. The minimum Gasteiger partial charge on any atom is -0.494 e. The Labute approximate surface area is 214 Å². The van der Waals surface area contributed by atoms with E-state index in [1.54, 1.807) is 30.3 Å². The van der Waals surface area contributed by atoms with Gasteiger partial charge in [-0.2, -0.15) is 0 Å². The average molecular weight is 500 g/mol. The molecule has 1 aliphatic rings. The van der Waals surface area contributed by atoms with Crippen LogP contribution in [0.25, 0.3) is 10.4 Å². The first kappa shape index (κ1) is 25.4. The van der Waals surface area contributed by atoms with Gasteiger partial charge < -0.3 is 24.6 Å². The van der Waals surface area contributed by atoms with Crippen molar-refractivity contribution in [3.63, 3.8) is 0 Å². The molecule has 9 heteroatoms. The number of benzene rings is 2. The van der Waals surface area contributed by atoms with Gasteiger partial charge in [0.25, 0.3) is 5.91 Å². The molecule has 37 heavy (non-hydrogen) atoms. The molecule has 1 aliphatic carbocycles. The maximum Gasteiger partial charge on any atom is 0.251 e. The highest BCUT2D eigenvalue weighted by Gasteiger charge is 2.22. The number of pyridine rings is 1. The van der Waals surface area contributed by atoms with Crippen LogP contribution in [0.1, 0.15) is 37.7 Å². The number of aliphatic hydroxyl groups is 1. The van der Waals surface area contributed by atoms with Crippen molar-refractivity contribution in [2.45, 2.75) is 6.42 Å². The summed E-state index contributed by atoms with van der Waals surface area (Å²) in [7, 11) is 2.97. The lowest BCUT2D eigenvalue weighted by Gasteiger charge is -2.13. The van der Waals surface area contributed by atoms with Crippen LogP contribution in [-0.2, 0) is 6.42 Å². The van der Waals surface area contributed by atoms with Crippen molar-refractivity contribution in [1.29, 1.82) is 0 Å². The molecule has 0 aliphatic heterocycles. The second-order valence-electron chi connectivity index (χ2n) is 8.07. The molecule has 188 valence electrons. The minimum atomic E-state index is -0.465. The number of Topliss-reactive ketones (excluding diaryl/α,β-unsaturated/α-hetero) is 1. The molecule has 2 N–H and O–H groups in total. The summed E-state index contributed by atoms with van der Waals surface area (Å²) < 4.78 is 16.1. The summed E-state index contributed by atoms with van der Waals surface area (Å²) in [4.78, 5) is 33.7. The molecule has 0 fully saturated rings. The Morgan fingerprint density at radius 3 is 2.57 bits per heavy atom. The van der Waals surface area contributed by atoms with Gasteiger partial charge >= 0.3 is 0 Å². The number of methoxy groups -OCH3 is 2. The van der Waals surface area contributed by atoms with Crippen LogP contribution in [0.15, 0.2) is 54.6 Å². The van der Waals surface area contributed by atoms with Crippen molar-refractivity contribution in [1.82, 2.24) is 10.3 Å². The van der Waals surface area contributed by atoms with Crippen LogP contribution in [0.2, 0.25) is 0 Å². The number of aromatic nitrogens is 1. The summed E-state index contributed by atoms with van der Waals surface area (Å²) in [6.45, 7) is 6.99. The van der Waals surface area contributed by atoms with Crippen LogP contribution in [0.3, 0.4) is 0 Å². The highest BCUT2D eigenvalue weighted by atomic mass is 16.5. The summed E-state index contributed by atoms with van der Waals surface area (Å²) >= 11 is 0. The topological polar surface area (TPSA) is 111 Å². The second-order valence-corrected chi connectivity index (χ2v) is 8.07. The Morgan fingerprint density at radius 2 is 1.84 bits per heavy atom. The number of allylic oxidation sites excluding steroid dienone is 1. The maximum absolute atomic E-state index is 12.9. The van der Waals surface area contributed by atoms with E-state index in [1.165, 1.54) is 20.3 Å². The quantitative estimate of drug-likeness (QED) is 0.324. The lowest BCUT2D eigenvalue weighted by molar-refractivity contribution is 0.0902. The number of aliphatic hydroxyl groups excluding tert-OH is 1. The van der Waals surface area contributed by atoms with Gasteiger partial charge in [-0.25, -0.2) is 9.83 Å². The Kier molecular flexibility index (Phi) is 7.81. The van der Waals surface area contributed by atoms with Gasteiger partial charge in [0.05, 0.1) is 33.9 Å². The molecular weight excluding hydrogens is 474 g/mol. The van der Waals surface area contributed by atoms with Crippen LogP contribution >= 0.6 is 0 Å². The number of amides is 1. The number of fused-ring (bicyclic) bond motifs is 1. The number of ketones is 1.